The van der Waals surface area contributed by atoms with Crippen LogP contribution in [0.2, 0.25) is 0 Å². The minimum absolute atomic E-state index is 0.0389. The summed E-state index contributed by atoms with van der Waals surface area (Å²) in [4.78, 5) is 11.2. The van der Waals surface area contributed by atoms with Crippen LogP contribution in [0, 0.1) is 0 Å². The molecule has 1 amide bonds. The number of amides is 1. The van der Waals surface area contributed by atoms with E-state index in [1.807, 2.05) is 0 Å². The summed E-state index contributed by atoms with van der Waals surface area (Å²) in [5.74, 6) is -0.0389. The summed E-state index contributed by atoms with van der Waals surface area (Å²) < 4.78 is 0. The van der Waals surface area contributed by atoms with E-state index in [1.54, 1.807) is 6.92 Å². The Morgan fingerprint density at radius 3 is 2.12 bits per heavy atom. The molecule has 1 unspecified atom stereocenters. The maximum absolute atomic E-state index is 11.2. The van der Waals surface area contributed by atoms with Crippen molar-refractivity contribution in [3.05, 3.63) is 0 Å². The Kier molecular flexibility index (Phi) is 11.5. The number of hydrogen-bond donors (Lipinski definition) is 2. The predicted octanol–water partition coefficient (Wildman–Crippen LogP) is 3.01. The van der Waals surface area contributed by atoms with E-state index in [2.05, 4.69) is 12.2 Å². The fraction of sp³-hybridized carbons (Fsp3) is 0.929. The Morgan fingerprint density at radius 2 is 1.59 bits per heavy atom. The zero-order chi connectivity index (χ0) is 12.9. The Hall–Kier alpha value is -0.570. The smallest absolute Gasteiger partial charge is 0.222 e. The number of carbonyl (C=O) groups is 1. The van der Waals surface area contributed by atoms with Crippen LogP contribution in [0.3, 0.4) is 0 Å². The molecule has 1 atom stereocenters. The Labute approximate surface area is 106 Å². The number of hydrogen-bond acceptors (Lipinski definition) is 2. The van der Waals surface area contributed by atoms with E-state index in [0.717, 1.165) is 13.0 Å². The summed E-state index contributed by atoms with van der Waals surface area (Å²) in [6, 6.07) is 0. The van der Waals surface area contributed by atoms with Gasteiger partial charge in [-0.1, -0.05) is 51.9 Å². The standard InChI is InChI=1S/C14H29NO2/c1-3-4-5-6-7-8-9-10-11-15-14(17)12-13(2)16/h13,16H,3-12H2,1-2H3,(H,15,17). The lowest BCUT2D eigenvalue weighted by Crippen LogP contribution is -2.27. The number of rotatable bonds is 11. The van der Waals surface area contributed by atoms with Crippen molar-refractivity contribution in [3.8, 4) is 0 Å². The van der Waals surface area contributed by atoms with Gasteiger partial charge in [-0.05, 0) is 13.3 Å². The van der Waals surface area contributed by atoms with Crippen LogP contribution in [0.4, 0.5) is 0 Å². The van der Waals surface area contributed by atoms with Crippen molar-refractivity contribution in [2.75, 3.05) is 6.54 Å². The molecule has 0 bridgehead atoms. The van der Waals surface area contributed by atoms with Gasteiger partial charge in [0.1, 0.15) is 0 Å². The van der Waals surface area contributed by atoms with Gasteiger partial charge in [0.05, 0.1) is 12.5 Å². The van der Waals surface area contributed by atoms with E-state index in [4.69, 9.17) is 5.11 Å². The lowest BCUT2D eigenvalue weighted by Gasteiger charge is -2.06. The molecule has 0 aliphatic heterocycles. The molecule has 0 aromatic rings. The van der Waals surface area contributed by atoms with Gasteiger partial charge in [0.15, 0.2) is 0 Å². The molecule has 3 nitrogen and oxygen atoms in total. The van der Waals surface area contributed by atoms with E-state index >= 15 is 0 Å². The monoisotopic (exact) mass is 243 g/mol. The summed E-state index contributed by atoms with van der Waals surface area (Å²) in [5, 5.41) is 11.8. The lowest BCUT2D eigenvalue weighted by molar-refractivity contribution is -0.122. The van der Waals surface area contributed by atoms with Crippen LogP contribution in [0.1, 0.15) is 71.6 Å². The minimum atomic E-state index is -0.534. The molecule has 2 N–H and O–H groups in total. The molecule has 0 saturated carbocycles. The van der Waals surface area contributed by atoms with Gasteiger partial charge in [-0.2, -0.15) is 0 Å². The van der Waals surface area contributed by atoms with E-state index < -0.39 is 6.10 Å². The highest BCUT2D eigenvalue weighted by Gasteiger charge is 2.04. The first kappa shape index (κ1) is 16.4. The van der Waals surface area contributed by atoms with Crippen LogP contribution in [-0.4, -0.2) is 23.7 Å². The van der Waals surface area contributed by atoms with Crippen molar-refractivity contribution in [2.45, 2.75) is 77.7 Å². The molecule has 0 heterocycles. The average molecular weight is 243 g/mol. The summed E-state index contributed by atoms with van der Waals surface area (Å²) in [7, 11) is 0. The summed E-state index contributed by atoms with van der Waals surface area (Å²) in [5.41, 5.74) is 0. The molecular formula is C14H29NO2. The quantitative estimate of drug-likeness (QED) is 0.548. The molecular weight excluding hydrogens is 214 g/mol. The second-order valence-corrected chi connectivity index (χ2v) is 4.88. The van der Waals surface area contributed by atoms with E-state index in [0.29, 0.717) is 0 Å². The highest BCUT2D eigenvalue weighted by atomic mass is 16.3. The Morgan fingerprint density at radius 1 is 1.06 bits per heavy atom. The molecule has 17 heavy (non-hydrogen) atoms. The van der Waals surface area contributed by atoms with Gasteiger partial charge < -0.3 is 10.4 Å². The van der Waals surface area contributed by atoms with Crippen molar-refractivity contribution in [3.63, 3.8) is 0 Å². The molecule has 102 valence electrons. The Balaban J connectivity index is 3.10. The van der Waals surface area contributed by atoms with Crippen LogP contribution in [0.5, 0.6) is 0 Å². The summed E-state index contributed by atoms with van der Waals surface area (Å²) in [6.45, 7) is 4.62. The van der Waals surface area contributed by atoms with Crippen molar-refractivity contribution in [2.24, 2.45) is 0 Å². The highest BCUT2D eigenvalue weighted by molar-refractivity contribution is 5.76. The van der Waals surface area contributed by atoms with E-state index in [-0.39, 0.29) is 12.3 Å². The molecule has 0 aromatic carbocycles. The zero-order valence-electron chi connectivity index (χ0n) is 11.5. The molecule has 0 fully saturated rings. The number of aliphatic hydroxyl groups is 1. The van der Waals surface area contributed by atoms with Crippen LogP contribution in [-0.2, 0) is 4.79 Å². The first-order valence-electron chi connectivity index (χ1n) is 7.11. The van der Waals surface area contributed by atoms with Gasteiger partial charge in [-0.3, -0.25) is 4.79 Å². The largest absolute Gasteiger partial charge is 0.393 e. The van der Waals surface area contributed by atoms with Crippen LogP contribution in [0.15, 0.2) is 0 Å². The fourth-order valence-corrected chi connectivity index (χ4v) is 1.83. The van der Waals surface area contributed by atoms with Crippen LogP contribution in [0.25, 0.3) is 0 Å². The number of carbonyl (C=O) groups excluding carboxylic acids is 1. The first-order chi connectivity index (χ1) is 8.16. The summed E-state index contributed by atoms with van der Waals surface area (Å²) >= 11 is 0. The summed E-state index contributed by atoms with van der Waals surface area (Å²) in [6.07, 6.45) is 9.90. The number of unbranched alkanes of at least 4 members (excludes halogenated alkanes) is 7. The average Bonchev–Trinajstić information content (AvgIpc) is 2.26. The molecule has 0 aromatic heterocycles. The van der Waals surface area contributed by atoms with Gasteiger partial charge >= 0.3 is 0 Å². The van der Waals surface area contributed by atoms with E-state index in [9.17, 15) is 4.79 Å². The van der Waals surface area contributed by atoms with Crippen LogP contribution < -0.4 is 5.32 Å². The zero-order valence-corrected chi connectivity index (χ0v) is 11.5. The van der Waals surface area contributed by atoms with Crippen molar-refractivity contribution in [1.29, 1.82) is 0 Å². The predicted molar refractivity (Wildman–Crippen MR) is 71.9 cm³/mol. The maximum atomic E-state index is 11.2. The van der Waals surface area contributed by atoms with Crippen molar-refractivity contribution in [1.82, 2.24) is 5.32 Å². The van der Waals surface area contributed by atoms with Gasteiger partial charge in [0.25, 0.3) is 0 Å². The number of nitrogens with one attached hydrogen (secondary N) is 1. The molecule has 0 rings (SSSR count). The first-order valence-corrected chi connectivity index (χ1v) is 7.11. The second kappa shape index (κ2) is 11.9. The van der Waals surface area contributed by atoms with Crippen molar-refractivity contribution < 1.29 is 9.90 Å². The third-order valence-corrected chi connectivity index (χ3v) is 2.83. The van der Waals surface area contributed by atoms with Gasteiger partial charge in [-0.25, -0.2) is 0 Å². The molecule has 0 saturated heterocycles. The SMILES string of the molecule is CCCCCCCCCCNC(=O)CC(C)O. The second-order valence-electron chi connectivity index (χ2n) is 4.88. The number of aliphatic hydroxyl groups excluding tert-OH is 1. The van der Waals surface area contributed by atoms with E-state index in [1.165, 1.54) is 44.9 Å². The van der Waals surface area contributed by atoms with Gasteiger partial charge in [-0.15, -0.1) is 0 Å². The van der Waals surface area contributed by atoms with Gasteiger partial charge in [0.2, 0.25) is 5.91 Å². The Bertz CT molecular complexity index is 181. The van der Waals surface area contributed by atoms with Crippen molar-refractivity contribution >= 4 is 5.91 Å². The topological polar surface area (TPSA) is 49.3 Å². The molecule has 0 aliphatic rings. The molecule has 0 radical (unpaired) electrons. The molecule has 0 aliphatic carbocycles. The maximum Gasteiger partial charge on any atom is 0.222 e. The minimum Gasteiger partial charge on any atom is -0.393 e. The fourth-order valence-electron chi connectivity index (χ4n) is 1.83. The third kappa shape index (κ3) is 13.4. The van der Waals surface area contributed by atoms with Gasteiger partial charge in [0, 0.05) is 6.54 Å². The third-order valence-electron chi connectivity index (χ3n) is 2.83. The lowest BCUT2D eigenvalue weighted by atomic mass is 10.1. The molecule has 0 spiro atoms. The molecule has 3 heteroatoms. The van der Waals surface area contributed by atoms with Crippen LogP contribution >= 0.6 is 0 Å². The normalized spacial score (nSPS) is 12.4. The highest BCUT2D eigenvalue weighted by Crippen LogP contribution is 2.07.